The van der Waals surface area contributed by atoms with Crippen LogP contribution < -0.4 is 11.2 Å². The van der Waals surface area contributed by atoms with E-state index < -0.39 is 11.2 Å². The second-order valence-electron chi connectivity index (χ2n) is 7.92. The van der Waals surface area contributed by atoms with Crippen molar-refractivity contribution in [3.8, 4) is 0 Å². The number of carbonyl (C=O) groups excluding carboxylic acids is 1. The Kier molecular flexibility index (Phi) is 6.64. The highest BCUT2D eigenvalue weighted by Crippen LogP contribution is 2.06. The minimum atomic E-state index is -0.510. The van der Waals surface area contributed by atoms with Gasteiger partial charge in [-0.2, -0.15) is 5.10 Å². The molecule has 168 valence electrons. The molecule has 0 N–H and O–H groups in total. The Morgan fingerprint density at radius 3 is 2.18 bits per heavy atom. The molecule has 0 atom stereocenters. The molecule has 2 heterocycles. The Morgan fingerprint density at radius 1 is 0.879 bits per heavy atom. The Bertz CT molecular complexity index is 1340. The molecule has 4 rings (SSSR count). The molecular formula is C25H25N5O3. The lowest BCUT2D eigenvalue weighted by Gasteiger charge is -2.17. The molecule has 8 nitrogen and oxygen atoms in total. The molecule has 0 fully saturated rings. The van der Waals surface area contributed by atoms with Gasteiger partial charge in [-0.15, -0.1) is 0 Å². The molecule has 0 bridgehead atoms. The minimum absolute atomic E-state index is 0.318. The number of rotatable bonds is 8. The summed E-state index contributed by atoms with van der Waals surface area (Å²) in [6.45, 7) is 0.971. The molecule has 8 heteroatoms. The Morgan fingerprint density at radius 2 is 1.52 bits per heavy atom. The van der Waals surface area contributed by atoms with E-state index in [0.29, 0.717) is 19.6 Å². The molecule has 33 heavy (non-hydrogen) atoms. The molecule has 0 saturated heterocycles. The predicted molar refractivity (Wildman–Crippen MR) is 125 cm³/mol. The minimum Gasteiger partial charge on any atom is -0.340 e. The molecule has 2 aromatic carbocycles. The summed E-state index contributed by atoms with van der Waals surface area (Å²) in [5.41, 5.74) is 1.92. The number of nitrogens with zero attached hydrogens (tertiary/aromatic N) is 5. The number of aromatic nitrogens is 4. The van der Waals surface area contributed by atoms with E-state index in [9.17, 15) is 14.4 Å². The first kappa shape index (κ1) is 22.0. The molecule has 0 unspecified atom stereocenters. The monoisotopic (exact) mass is 443 g/mol. The summed E-state index contributed by atoms with van der Waals surface area (Å²) in [6, 6.07) is 20.8. The lowest BCUT2D eigenvalue weighted by Crippen LogP contribution is -2.43. The van der Waals surface area contributed by atoms with Gasteiger partial charge in [0.1, 0.15) is 6.54 Å². The molecule has 4 aromatic rings. The van der Waals surface area contributed by atoms with Crippen molar-refractivity contribution in [1.82, 2.24) is 23.8 Å². The fraction of sp³-hybridized carbons (Fsp3) is 0.200. The van der Waals surface area contributed by atoms with Crippen molar-refractivity contribution in [2.45, 2.75) is 26.2 Å². The van der Waals surface area contributed by atoms with E-state index in [1.165, 1.54) is 21.7 Å². The second kappa shape index (κ2) is 9.95. The maximum absolute atomic E-state index is 12.8. The van der Waals surface area contributed by atoms with Crippen LogP contribution in [0.1, 0.15) is 16.7 Å². The lowest BCUT2D eigenvalue weighted by atomic mass is 10.2. The van der Waals surface area contributed by atoms with Gasteiger partial charge in [0.15, 0.2) is 0 Å². The summed E-state index contributed by atoms with van der Waals surface area (Å²) in [4.78, 5) is 39.4. The fourth-order valence-electron chi connectivity index (χ4n) is 3.57. The van der Waals surface area contributed by atoms with E-state index in [0.717, 1.165) is 21.3 Å². The first-order chi connectivity index (χ1) is 16.0. The number of likely N-dealkylation sites (N-methyl/N-ethyl adjacent to an activating group) is 1. The number of hydrogen-bond donors (Lipinski definition) is 0. The van der Waals surface area contributed by atoms with Crippen molar-refractivity contribution in [1.29, 1.82) is 0 Å². The Labute approximate surface area is 191 Å². The van der Waals surface area contributed by atoms with Crippen LogP contribution in [-0.4, -0.2) is 36.8 Å². The van der Waals surface area contributed by atoms with Crippen molar-refractivity contribution in [3.05, 3.63) is 123 Å². The van der Waals surface area contributed by atoms with Gasteiger partial charge in [0.05, 0.1) is 19.3 Å². The molecule has 0 aliphatic heterocycles. The summed E-state index contributed by atoms with van der Waals surface area (Å²) in [7, 11) is 1.65. The SMILES string of the molecule is CN(Cc1cnn(Cc2ccccc2)c1)C(=O)Cn1c(=O)ccn(Cc2ccccc2)c1=O. The number of amides is 1. The van der Waals surface area contributed by atoms with Gasteiger partial charge >= 0.3 is 5.69 Å². The summed E-state index contributed by atoms with van der Waals surface area (Å²) in [5, 5.41) is 4.36. The smallest absolute Gasteiger partial charge is 0.331 e. The van der Waals surface area contributed by atoms with Crippen LogP contribution in [0.3, 0.4) is 0 Å². The second-order valence-corrected chi connectivity index (χ2v) is 7.92. The largest absolute Gasteiger partial charge is 0.340 e. The third-order valence-electron chi connectivity index (χ3n) is 5.35. The Hall–Kier alpha value is -4.20. The molecule has 2 aromatic heterocycles. The fourth-order valence-corrected chi connectivity index (χ4v) is 3.57. The van der Waals surface area contributed by atoms with Crippen LogP contribution in [0.25, 0.3) is 0 Å². The van der Waals surface area contributed by atoms with Gasteiger partial charge in [0.25, 0.3) is 5.56 Å². The number of benzene rings is 2. The highest BCUT2D eigenvalue weighted by Gasteiger charge is 2.15. The first-order valence-corrected chi connectivity index (χ1v) is 10.6. The lowest BCUT2D eigenvalue weighted by molar-refractivity contribution is -0.131. The number of hydrogen-bond acceptors (Lipinski definition) is 4. The quantitative estimate of drug-likeness (QED) is 0.417. The van der Waals surface area contributed by atoms with E-state index >= 15 is 0 Å². The van der Waals surface area contributed by atoms with E-state index in [4.69, 9.17) is 0 Å². The van der Waals surface area contributed by atoms with Crippen molar-refractivity contribution in [2.75, 3.05) is 7.05 Å². The molecular weight excluding hydrogens is 418 g/mol. The van der Waals surface area contributed by atoms with Crippen LogP contribution in [0.2, 0.25) is 0 Å². The van der Waals surface area contributed by atoms with Crippen molar-refractivity contribution in [2.24, 2.45) is 0 Å². The zero-order valence-electron chi connectivity index (χ0n) is 18.4. The van der Waals surface area contributed by atoms with Crippen LogP contribution in [0.15, 0.2) is 94.9 Å². The molecule has 0 radical (unpaired) electrons. The van der Waals surface area contributed by atoms with E-state index in [-0.39, 0.29) is 12.5 Å². The van der Waals surface area contributed by atoms with Gasteiger partial charge in [-0.05, 0) is 11.1 Å². The van der Waals surface area contributed by atoms with Gasteiger partial charge < -0.3 is 4.90 Å². The summed E-state index contributed by atoms with van der Waals surface area (Å²) in [6.07, 6.45) is 5.07. The van der Waals surface area contributed by atoms with Crippen LogP contribution in [0.4, 0.5) is 0 Å². The predicted octanol–water partition coefficient (Wildman–Crippen LogP) is 1.96. The van der Waals surface area contributed by atoms with Gasteiger partial charge in [-0.1, -0.05) is 60.7 Å². The van der Waals surface area contributed by atoms with Gasteiger partial charge in [0, 0.05) is 37.6 Å². The maximum atomic E-state index is 12.8. The van der Waals surface area contributed by atoms with Crippen LogP contribution in [-0.2, 0) is 31.0 Å². The molecule has 1 amide bonds. The van der Waals surface area contributed by atoms with Gasteiger partial charge in [-0.25, -0.2) is 4.79 Å². The van der Waals surface area contributed by atoms with Crippen molar-refractivity contribution < 1.29 is 4.79 Å². The van der Waals surface area contributed by atoms with E-state index in [1.807, 2.05) is 71.5 Å². The van der Waals surface area contributed by atoms with E-state index in [1.54, 1.807) is 13.2 Å². The van der Waals surface area contributed by atoms with Crippen molar-refractivity contribution in [3.63, 3.8) is 0 Å². The normalized spacial score (nSPS) is 10.8. The average Bonchev–Trinajstić information content (AvgIpc) is 3.26. The summed E-state index contributed by atoms with van der Waals surface area (Å²) in [5.74, 6) is -0.331. The van der Waals surface area contributed by atoms with Gasteiger partial charge in [-0.3, -0.25) is 23.4 Å². The van der Waals surface area contributed by atoms with Crippen LogP contribution in [0, 0.1) is 0 Å². The Balaban J connectivity index is 1.42. The first-order valence-electron chi connectivity index (χ1n) is 10.6. The zero-order valence-corrected chi connectivity index (χ0v) is 18.4. The summed E-state index contributed by atoms with van der Waals surface area (Å²) < 4.78 is 4.21. The van der Waals surface area contributed by atoms with E-state index in [2.05, 4.69) is 5.10 Å². The maximum Gasteiger partial charge on any atom is 0.331 e. The third kappa shape index (κ3) is 5.54. The standard InChI is InChI=1S/C25H25N5O3/c1-27(15-22-14-26-29(18-22)17-21-10-6-3-7-11-21)24(32)19-30-23(31)12-13-28(25(30)33)16-20-8-4-2-5-9-20/h2-14,18H,15-17,19H2,1H3. The van der Waals surface area contributed by atoms with Crippen LogP contribution in [0.5, 0.6) is 0 Å². The molecule has 0 spiro atoms. The number of carbonyl (C=O) groups is 1. The molecule has 0 aliphatic carbocycles. The molecule has 0 aliphatic rings. The molecule has 0 saturated carbocycles. The highest BCUT2D eigenvalue weighted by molar-refractivity contribution is 5.75. The van der Waals surface area contributed by atoms with Crippen molar-refractivity contribution >= 4 is 5.91 Å². The van der Waals surface area contributed by atoms with Gasteiger partial charge in [0.2, 0.25) is 5.91 Å². The highest BCUT2D eigenvalue weighted by atomic mass is 16.2. The third-order valence-corrected chi connectivity index (χ3v) is 5.35. The average molecular weight is 444 g/mol. The van der Waals surface area contributed by atoms with Crippen LogP contribution >= 0.6 is 0 Å². The summed E-state index contributed by atoms with van der Waals surface area (Å²) >= 11 is 0. The topological polar surface area (TPSA) is 82.1 Å². The zero-order chi connectivity index (χ0) is 23.2.